The fourth-order valence-electron chi connectivity index (χ4n) is 1.72. The lowest BCUT2D eigenvalue weighted by molar-refractivity contribution is 0.112. The van der Waals surface area contributed by atoms with Crippen molar-refractivity contribution in [2.75, 3.05) is 11.4 Å². The van der Waals surface area contributed by atoms with Crippen LogP contribution in [0.25, 0.3) is 0 Å². The van der Waals surface area contributed by atoms with Crippen molar-refractivity contribution in [2.45, 2.75) is 13.5 Å². The highest BCUT2D eigenvalue weighted by molar-refractivity contribution is 5.74. The molecule has 0 aliphatic carbocycles. The van der Waals surface area contributed by atoms with E-state index < -0.39 is 0 Å². The zero-order valence-corrected chi connectivity index (χ0v) is 10.3. The van der Waals surface area contributed by atoms with Gasteiger partial charge in [-0.15, -0.1) is 0 Å². The van der Waals surface area contributed by atoms with Crippen LogP contribution in [-0.4, -0.2) is 22.8 Å². The second-order valence-corrected chi connectivity index (χ2v) is 3.94. The second-order valence-electron chi connectivity index (χ2n) is 3.94. The fourth-order valence-corrected chi connectivity index (χ4v) is 1.72. The van der Waals surface area contributed by atoms with Crippen LogP contribution >= 0.6 is 0 Å². The molecule has 0 atom stereocenters. The number of nitrogens with zero attached hydrogens (tertiary/aromatic N) is 3. The van der Waals surface area contributed by atoms with E-state index in [-0.39, 0.29) is 0 Å². The Morgan fingerprint density at radius 3 is 2.56 bits per heavy atom. The summed E-state index contributed by atoms with van der Waals surface area (Å²) >= 11 is 0. The molecule has 0 amide bonds. The summed E-state index contributed by atoms with van der Waals surface area (Å²) in [6, 6.07) is 7.63. The monoisotopic (exact) mass is 241 g/mol. The lowest BCUT2D eigenvalue weighted by Crippen LogP contribution is -2.23. The first kappa shape index (κ1) is 12.2. The highest BCUT2D eigenvalue weighted by Gasteiger charge is 2.06. The van der Waals surface area contributed by atoms with E-state index in [0.717, 1.165) is 25.2 Å². The van der Waals surface area contributed by atoms with Crippen LogP contribution in [0.5, 0.6) is 0 Å². The van der Waals surface area contributed by atoms with Gasteiger partial charge in [0.25, 0.3) is 0 Å². The maximum atomic E-state index is 10.6. The Balaban J connectivity index is 2.15. The Hall–Kier alpha value is -2.23. The third-order valence-electron chi connectivity index (χ3n) is 2.74. The van der Waals surface area contributed by atoms with Crippen molar-refractivity contribution < 1.29 is 4.79 Å². The number of aromatic nitrogens is 2. The van der Waals surface area contributed by atoms with Gasteiger partial charge in [-0.05, 0) is 36.8 Å². The second kappa shape index (κ2) is 5.91. The standard InChI is InChI=1S/C14H15N3O/c1-2-17(10-12-5-7-15-8-6-12)14-4-3-13(11-18)9-16-14/h3-9,11H,2,10H2,1H3. The van der Waals surface area contributed by atoms with Crippen molar-refractivity contribution in [3.8, 4) is 0 Å². The summed E-state index contributed by atoms with van der Waals surface area (Å²) in [5.74, 6) is 0.875. The van der Waals surface area contributed by atoms with Gasteiger partial charge < -0.3 is 4.90 Å². The molecule has 2 aromatic heterocycles. The minimum absolute atomic E-state index is 0.596. The van der Waals surface area contributed by atoms with Crippen LogP contribution in [0.1, 0.15) is 22.8 Å². The van der Waals surface area contributed by atoms with E-state index in [2.05, 4.69) is 21.8 Å². The summed E-state index contributed by atoms with van der Waals surface area (Å²) in [6.45, 7) is 3.72. The van der Waals surface area contributed by atoms with Crippen molar-refractivity contribution >= 4 is 12.1 Å². The van der Waals surface area contributed by atoms with E-state index in [0.29, 0.717) is 5.56 Å². The smallest absolute Gasteiger partial charge is 0.151 e. The van der Waals surface area contributed by atoms with E-state index in [1.807, 2.05) is 18.2 Å². The molecule has 0 radical (unpaired) electrons. The Morgan fingerprint density at radius 1 is 1.22 bits per heavy atom. The maximum Gasteiger partial charge on any atom is 0.151 e. The SMILES string of the molecule is CCN(Cc1ccncc1)c1ccc(C=O)cn1. The van der Waals surface area contributed by atoms with E-state index in [1.165, 1.54) is 5.56 Å². The lowest BCUT2D eigenvalue weighted by atomic mass is 10.2. The molecule has 0 N–H and O–H groups in total. The molecule has 0 aliphatic heterocycles. The molecule has 4 heteroatoms. The first-order chi connectivity index (χ1) is 8.83. The molecule has 0 saturated carbocycles. The minimum atomic E-state index is 0.596. The van der Waals surface area contributed by atoms with Gasteiger partial charge >= 0.3 is 0 Å². The molecule has 2 aromatic rings. The summed E-state index contributed by atoms with van der Waals surface area (Å²) < 4.78 is 0. The summed E-state index contributed by atoms with van der Waals surface area (Å²) in [5.41, 5.74) is 1.78. The lowest BCUT2D eigenvalue weighted by Gasteiger charge is -2.21. The molecule has 0 saturated heterocycles. The first-order valence-corrected chi connectivity index (χ1v) is 5.88. The van der Waals surface area contributed by atoms with E-state index in [4.69, 9.17) is 0 Å². The predicted octanol–water partition coefficient (Wildman–Crippen LogP) is 2.32. The van der Waals surface area contributed by atoms with Crippen molar-refractivity contribution in [1.29, 1.82) is 0 Å². The third-order valence-corrected chi connectivity index (χ3v) is 2.74. The summed E-state index contributed by atoms with van der Waals surface area (Å²) in [7, 11) is 0. The molecule has 18 heavy (non-hydrogen) atoms. The number of aldehydes is 1. The largest absolute Gasteiger partial charge is 0.353 e. The van der Waals surface area contributed by atoms with Gasteiger partial charge in [-0.3, -0.25) is 9.78 Å². The van der Waals surface area contributed by atoms with Crippen LogP contribution in [0.3, 0.4) is 0 Å². The number of hydrogen-bond donors (Lipinski definition) is 0. The molecule has 4 nitrogen and oxygen atoms in total. The fraction of sp³-hybridized carbons (Fsp3) is 0.214. The van der Waals surface area contributed by atoms with Crippen molar-refractivity contribution in [2.24, 2.45) is 0 Å². The molecule has 0 unspecified atom stereocenters. The van der Waals surface area contributed by atoms with Gasteiger partial charge in [0.2, 0.25) is 0 Å². The van der Waals surface area contributed by atoms with Crippen LogP contribution in [0, 0.1) is 0 Å². The molecule has 0 fully saturated rings. The topological polar surface area (TPSA) is 46.1 Å². The Morgan fingerprint density at radius 2 is 2.00 bits per heavy atom. The zero-order chi connectivity index (χ0) is 12.8. The van der Waals surface area contributed by atoms with E-state index >= 15 is 0 Å². The summed E-state index contributed by atoms with van der Waals surface area (Å²) in [4.78, 5) is 21.0. The highest BCUT2D eigenvalue weighted by Crippen LogP contribution is 2.13. The average Bonchev–Trinajstić information content (AvgIpc) is 2.46. The first-order valence-electron chi connectivity index (χ1n) is 5.88. The van der Waals surface area contributed by atoms with Gasteiger partial charge in [0.1, 0.15) is 5.82 Å². The molecular weight excluding hydrogens is 226 g/mol. The number of carbonyl (C=O) groups excluding carboxylic acids is 1. The average molecular weight is 241 g/mol. The Labute approximate surface area is 106 Å². The van der Waals surface area contributed by atoms with Crippen LogP contribution in [0.2, 0.25) is 0 Å². The van der Waals surface area contributed by atoms with Gasteiger partial charge in [0, 0.05) is 37.2 Å². The van der Waals surface area contributed by atoms with Crippen LogP contribution in [0.15, 0.2) is 42.9 Å². The summed E-state index contributed by atoms with van der Waals surface area (Å²) in [5, 5.41) is 0. The number of rotatable bonds is 5. The van der Waals surface area contributed by atoms with Gasteiger partial charge in [-0.1, -0.05) is 0 Å². The molecule has 92 valence electrons. The molecule has 0 spiro atoms. The van der Waals surface area contributed by atoms with Gasteiger partial charge in [-0.25, -0.2) is 4.98 Å². The van der Waals surface area contributed by atoms with Crippen LogP contribution < -0.4 is 4.90 Å². The maximum absolute atomic E-state index is 10.6. The molecule has 0 aliphatic rings. The van der Waals surface area contributed by atoms with Crippen molar-refractivity contribution in [3.05, 3.63) is 54.0 Å². The van der Waals surface area contributed by atoms with E-state index in [9.17, 15) is 4.79 Å². The molecular formula is C14H15N3O. The Kier molecular flexibility index (Phi) is 4.02. The zero-order valence-electron chi connectivity index (χ0n) is 10.3. The van der Waals surface area contributed by atoms with Gasteiger partial charge in [0.05, 0.1) is 0 Å². The van der Waals surface area contributed by atoms with E-state index in [1.54, 1.807) is 24.7 Å². The highest BCUT2D eigenvalue weighted by atomic mass is 16.1. The minimum Gasteiger partial charge on any atom is -0.353 e. The third kappa shape index (κ3) is 2.91. The van der Waals surface area contributed by atoms with Crippen molar-refractivity contribution in [1.82, 2.24) is 9.97 Å². The molecule has 0 aromatic carbocycles. The molecule has 2 heterocycles. The van der Waals surface area contributed by atoms with Gasteiger partial charge in [0.15, 0.2) is 6.29 Å². The van der Waals surface area contributed by atoms with Crippen molar-refractivity contribution in [3.63, 3.8) is 0 Å². The van der Waals surface area contributed by atoms with Gasteiger partial charge in [-0.2, -0.15) is 0 Å². The predicted molar refractivity (Wildman–Crippen MR) is 70.6 cm³/mol. The quantitative estimate of drug-likeness (QED) is 0.754. The van der Waals surface area contributed by atoms with Crippen LogP contribution in [0.4, 0.5) is 5.82 Å². The Bertz CT molecular complexity index is 496. The number of carbonyl (C=O) groups is 1. The molecule has 0 bridgehead atoms. The summed E-state index contributed by atoms with van der Waals surface area (Å²) in [6.07, 6.45) is 5.96. The number of pyridine rings is 2. The number of anilines is 1. The molecule has 2 rings (SSSR count). The number of hydrogen-bond acceptors (Lipinski definition) is 4. The normalized spacial score (nSPS) is 10.1. The van der Waals surface area contributed by atoms with Crippen LogP contribution in [-0.2, 0) is 6.54 Å².